The van der Waals surface area contributed by atoms with Crippen LogP contribution in [0.4, 0.5) is 17.2 Å². The van der Waals surface area contributed by atoms with Gasteiger partial charge in [0, 0.05) is 31.3 Å². The lowest BCUT2D eigenvalue weighted by Crippen LogP contribution is -2.40. The van der Waals surface area contributed by atoms with Gasteiger partial charge in [-0.15, -0.1) is 0 Å². The minimum atomic E-state index is -0.751. The van der Waals surface area contributed by atoms with Crippen molar-refractivity contribution in [2.24, 2.45) is 0 Å². The van der Waals surface area contributed by atoms with E-state index in [-0.39, 0.29) is 23.7 Å². The third-order valence-corrected chi connectivity index (χ3v) is 4.30. The molecule has 3 N–H and O–H groups in total. The highest BCUT2D eigenvalue weighted by Crippen LogP contribution is 2.18. The summed E-state index contributed by atoms with van der Waals surface area (Å²) in [5, 5.41) is 10.9. The molecule has 0 saturated carbocycles. The Labute approximate surface area is 166 Å². The van der Waals surface area contributed by atoms with E-state index < -0.39 is 22.1 Å². The maximum atomic E-state index is 12.7. The topological polar surface area (TPSA) is 144 Å². The highest BCUT2D eigenvalue weighted by atomic mass is 16.6. The monoisotopic (exact) mass is 401 g/mol. The first-order chi connectivity index (χ1) is 13.8. The van der Waals surface area contributed by atoms with Gasteiger partial charge in [0.1, 0.15) is 5.82 Å². The van der Waals surface area contributed by atoms with E-state index in [1.165, 1.54) is 34.9 Å². The average molecular weight is 401 g/mol. The number of nitrogen functional groups attached to an aromatic ring is 1. The summed E-state index contributed by atoms with van der Waals surface area (Å²) < 4.78 is 1.24. The van der Waals surface area contributed by atoms with Crippen LogP contribution in [0.25, 0.3) is 6.08 Å². The summed E-state index contributed by atoms with van der Waals surface area (Å²) in [5.41, 5.74) is 4.93. The van der Waals surface area contributed by atoms with Crippen LogP contribution in [0, 0.1) is 10.1 Å². The van der Waals surface area contributed by atoms with E-state index in [1.54, 1.807) is 13.0 Å². The zero-order valence-corrected chi connectivity index (χ0v) is 16.3. The number of hydrogen-bond acceptors (Lipinski definition) is 6. The number of rotatable bonds is 8. The third kappa shape index (κ3) is 4.98. The van der Waals surface area contributed by atoms with Crippen LogP contribution in [0.15, 0.2) is 39.9 Å². The van der Waals surface area contributed by atoms with Gasteiger partial charge in [0.15, 0.2) is 5.69 Å². The Morgan fingerprint density at radius 2 is 2.07 bits per heavy atom. The normalized spacial score (nSPS) is 11.0. The Morgan fingerprint density at radius 1 is 1.34 bits per heavy atom. The Balaban J connectivity index is 2.39. The van der Waals surface area contributed by atoms with E-state index in [2.05, 4.69) is 4.98 Å². The number of carbonyl (C=O) groups is 1. The van der Waals surface area contributed by atoms with Gasteiger partial charge in [-0.3, -0.25) is 29.3 Å². The number of nitro groups is 1. The van der Waals surface area contributed by atoms with E-state index >= 15 is 0 Å². The number of H-pyrrole nitrogens is 1. The molecular formula is C19H23N5O5. The fraction of sp³-hybridized carbons (Fsp3) is 0.316. The summed E-state index contributed by atoms with van der Waals surface area (Å²) in [6.07, 6.45) is 4.11. The molecule has 1 amide bonds. The molecule has 0 saturated heterocycles. The molecule has 1 heterocycles. The highest BCUT2D eigenvalue weighted by Gasteiger charge is 2.21. The number of benzene rings is 1. The van der Waals surface area contributed by atoms with E-state index in [1.807, 2.05) is 6.92 Å². The zero-order valence-electron chi connectivity index (χ0n) is 16.3. The van der Waals surface area contributed by atoms with E-state index in [0.29, 0.717) is 18.5 Å². The molecule has 10 heteroatoms. The van der Waals surface area contributed by atoms with Crippen LogP contribution in [-0.4, -0.2) is 26.9 Å². The average Bonchev–Trinajstić information content (AvgIpc) is 2.69. The lowest BCUT2D eigenvalue weighted by atomic mass is 10.2. The number of unbranched alkanes of at least 4 members (excludes halogenated alkanes) is 1. The van der Waals surface area contributed by atoms with Gasteiger partial charge in [-0.25, -0.2) is 4.79 Å². The van der Waals surface area contributed by atoms with Gasteiger partial charge in [0.05, 0.1) is 4.92 Å². The van der Waals surface area contributed by atoms with Crippen LogP contribution in [0.3, 0.4) is 0 Å². The molecule has 0 bridgehead atoms. The number of likely N-dealkylation sites (N-methyl/N-ethyl adjacent to an activating group) is 1. The van der Waals surface area contributed by atoms with E-state index in [0.717, 1.165) is 11.3 Å². The Bertz CT molecular complexity index is 1050. The van der Waals surface area contributed by atoms with Crippen molar-refractivity contribution < 1.29 is 9.72 Å². The van der Waals surface area contributed by atoms with Crippen molar-refractivity contribution in [1.29, 1.82) is 0 Å². The number of amides is 1. The van der Waals surface area contributed by atoms with Gasteiger partial charge in [-0.1, -0.05) is 25.5 Å². The van der Waals surface area contributed by atoms with Crippen molar-refractivity contribution in [3.05, 3.63) is 66.9 Å². The number of nitrogens with one attached hydrogen (secondary N) is 1. The minimum absolute atomic E-state index is 0.0776. The predicted octanol–water partition coefficient (Wildman–Crippen LogP) is 1.89. The molecular weight excluding hydrogens is 378 g/mol. The van der Waals surface area contributed by atoms with Crippen molar-refractivity contribution in [1.82, 2.24) is 9.55 Å². The first-order valence-electron chi connectivity index (χ1n) is 9.16. The second-order valence-electron chi connectivity index (χ2n) is 6.27. The maximum Gasteiger partial charge on any atom is 0.330 e. The van der Waals surface area contributed by atoms with Crippen LogP contribution in [-0.2, 0) is 11.3 Å². The van der Waals surface area contributed by atoms with Crippen LogP contribution in [0.2, 0.25) is 0 Å². The van der Waals surface area contributed by atoms with Crippen LogP contribution < -0.4 is 21.9 Å². The molecule has 154 valence electrons. The molecule has 29 heavy (non-hydrogen) atoms. The van der Waals surface area contributed by atoms with Gasteiger partial charge in [-0.05, 0) is 25.0 Å². The number of aromatic nitrogens is 2. The van der Waals surface area contributed by atoms with Crippen LogP contribution in [0.5, 0.6) is 0 Å². The first kappa shape index (κ1) is 21.6. The zero-order chi connectivity index (χ0) is 21.6. The summed E-state index contributed by atoms with van der Waals surface area (Å²) in [4.78, 5) is 50.8. The summed E-state index contributed by atoms with van der Waals surface area (Å²) >= 11 is 0. The number of nitro benzene ring substituents is 1. The Morgan fingerprint density at radius 3 is 2.69 bits per heavy atom. The summed E-state index contributed by atoms with van der Waals surface area (Å²) in [5.74, 6) is -0.622. The van der Waals surface area contributed by atoms with Gasteiger partial charge >= 0.3 is 5.69 Å². The number of anilines is 2. The number of aromatic amines is 1. The van der Waals surface area contributed by atoms with Crippen LogP contribution >= 0.6 is 0 Å². The van der Waals surface area contributed by atoms with E-state index in [9.17, 15) is 24.5 Å². The number of carbonyl (C=O) groups excluding carboxylic acids is 1. The molecule has 0 atom stereocenters. The maximum absolute atomic E-state index is 12.7. The largest absolute Gasteiger partial charge is 0.383 e. The van der Waals surface area contributed by atoms with Crippen molar-refractivity contribution >= 4 is 29.2 Å². The number of non-ortho nitro benzene ring substituents is 1. The first-order valence-corrected chi connectivity index (χ1v) is 9.16. The molecule has 2 aromatic rings. The molecule has 0 aliphatic carbocycles. The molecule has 1 aromatic carbocycles. The molecule has 0 unspecified atom stereocenters. The van der Waals surface area contributed by atoms with E-state index in [4.69, 9.17) is 5.73 Å². The van der Waals surface area contributed by atoms with Crippen LogP contribution in [0.1, 0.15) is 32.3 Å². The number of hydrogen-bond donors (Lipinski definition) is 2. The van der Waals surface area contributed by atoms with Gasteiger partial charge in [-0.2, -0.15) is 0 Å². The highest BCUT2D eigenvalue weighted by molar-refractivity contribution is 6.05. The number of nitrogens with zero attached hydrogens (tertiary/aromatic N) is 3. The van der Waals surface area contributed by atoms with Crippen molar-refractivity contribution in [2.75, 3.05) is 17.2 Å². The van der Waals surface area contributed by atoms with Gasteiger partial charge in [0.2, 0.25) is 0 Å². The fourth-order valence-electron chi connectivity index (χ4n) is 2.80. The number of nitrogens with two attached hydrogens (primary N) is 1. The van der Waals surface area contributed by atoms with Gasteiger partial charge in [0.25, 0.3) is 17.2 Å². The second-order valence-corrected chi connectivity index (χ2v) is 6.27. The summed E-state index contributed by atoms with van der Waals surface area (Å²) in [6.45, 7) is 4.07. The molecule has 10 nitrogen and oxygen atoms in total. The molecule has 2 rings (SSSR count). The smallest absolute Gasteiger partial charge is 0.330 e. The molecule has 0 radical (unpaired) electrons. The quantitative estimate of drug-likeness (QED) is 0.393. The standard InChI is InChI=1S/C19H23N5O5/c1-3-5-11-23-17(20)16(18(26)21-19(23)27)22(4-2)15(25)10-9-13-7-6-8-14(12-13)24(28)29/h6-10,12H,3-5,11,20H2,1-2H3,(H,21,26,27)/b10-9+. The SMILES string of the molecule is CCCCn1c(N)c(N(CC)C(=O)/C=C/c2cccc([N+](=O)[O-])c2)c(=O)[nH]c1=O. The lowest BCUT2D eigenvalue weighted by molar-refractivity contribution is -0.384. The van der Waals surface area contributed by atoms with Crippen molar-refractivity contribution in [3.8, 4) is 0 Å². The molecule has 1 aromatic heterocycles. The van der Waals surface area contributed by atoms with Crippen molar-refractivity contribution in [2.45, 2.75) is 33.2 Å². The lowest BCUT2D eigenvalue weighted by Gasteiger charge is -2.21. The Kier molecular flexibility index (Phi) is 7.07. The van der Waals surface area contributed by atoms with Crippen molar-refractivity contribution in [3.63, 3.8) is 0 Å². The Hall–Kier alpha value is -3.69. The summed E-state index contributed by atoms with van der Waals surface area (Å²) in [7, 11) is 0. The molecule has 0 aliphatic rings. The molecule has 0 spiro atoms. The fourth-order valence-corrected chi connectivity index (χ4v) is 2.80. The molecule has 0 fully saturated rings. The predicted molar refractivity (Wildman–Crippen MR) is 111 cm³/mol. The third-order valence-electron chi connectivity index (χ3n) is 4.30. The molecule has 0 aliphatic heterocycles. The summed E-state index contributed by atoms with van der Waals surface area (Å²) in [6, 6.07) is 5.79. The minimum Gasteiger partial charge on any atom is -0.383 e. The second kappa shape index (κ2) is 9.49. The van der Waals surface area contributed by atoms with Gasteiger partial charge < -0.3 is 10.6 Å².